The van der Waals surface area contributed by atoms with E-state index in [1.54, 1.807) is 18.4 Å². The van der Waals surface area contributed by atoms with Gasteiger partial charge in [-0.2, -0.15) is 0 Å². The Balaban J connectivity index is 1.71. The van der Waals surface area contributed by atoms with E-state index in [1.807, 2.05) is 0 Å². The lowest BCUT2D eigenvalue weighted by Gasteiger charge is -2.53. The number of fused-ring (bicyclic) bond motifs is 4. The quantitative estimate of drug-likeness (QED) is 0.832. The van der Waals surface area contributed by atoms with Gasteiger partial charge in [-0.15, -0.1) is 0 Å². The van der Waals surface area contributed by atoms with E-state index in [0.717, 1.165) is 29.5 Å². The molecule has 1 aliphatic carbocycles. The summed E-state index contributed by atoms with van der Waals surface area (Å²) in [7, 11) is 4.05. The number of rotatable bonds is 2. The highest BCUT2D eigenvalue weighted by Crippen LogP contribution is 2.51. The SMILES string of the molecule is CC[C@H]1C[C@@H]2C[C@H]3c4c(c5cc(OC)ccc5n4C)CCN(C2)[C@H]13. The monoisotopic (exact) mass is 324 g/mol. The first-order valence-corrected chi connectivity index (χ1v) is 9.60. The summed E-state index contributed by atoms with van der Waals surface area (Å²) in [6.45, 7) is 4.97. The van der Waals surface area contributed by atoms with Crippen molar-refractivity contribution in [1.29, 1.82) is 0 Å². The standard InChI is InChI=1S/C21H28N2O/c1-4-14-9-13-10-18-20(14)23(12-13)8-7-16-17-11-15(24-3)5-6-19(17)22(2)21(16)18/h5-6,11,13-14,18,20H,4,7-10,12H2,1-3H3/t13-,14+,18-,20-/m1/s1. The average molecular weight is 324 g/mol. The zero-order chi connectivity index (χ0) is 16.4. The molecule has 128 valence electrons. The second-order valence-corrected chi connectivity index (χ2v) is 8.15. The Morgan fingerprint density at radius 3 is 2.92 bits per heavy atom. The van der Waals surface area contributed by atoms with Gasteiger partial charge in [0.25, 0.3) is 0 Å². The molecule has 6 rings (SSSR count). The predicted molar refractivity (Wildman–Crippen MR) is 97.8 cm³/mol. The van der Waals surface area contributed by atoms with Gasteiger partial charge >= 0.3 is 0 Å². The molecule has 0 spiro atoms. The highest BCUT2D eigenvalue weighted by Gasteiger charge is 2.49. The summed E-state index contributed by atoms with van der Waals surface area (Å²) in [6, 6.07) is 7.38. The van der Waals surface area contributed by atoms with Crippen LogP contribution in [0.2, 0.25) is 0 Å². The minimum Gasteiger partial charge on any atom is -0.497 e. The fraction of sp³-hybridized carbons (Fsp3) is 0.619. The third-order valence-corrected chi connectivity index (χ3v) is 7.12. The maximum Gasteiger partial charge on any atom is 0.119 e. The van der Waals surface area contributed by atoms with Crippen LogP contribution in [-0.4, -0.2) is 35.7 Å². The van der Waals surface area contributed by atoms with Crippen LogP contribution >= 0.6 is 0 Å². The lowest BCUT2D eigenvalue weighted by Crippen LogP contribution is -2.56. The third-order valence-electron chi connectivity index (χ3n) is 7.12. The number of nitrogens with zero attached hydrogens (tertiary/aromatic N) is 2. The first-order chi connectivity index (χ1) is 11.7. The molecule has 1 aromatic carbocycles. The molecule has 4 aliphatic rings. The van der Waals surface area contributed by atoms with Crippen molar-refractivity contribution in [2.24, 2.45) is 18.9 Å². The molecule has 3 aliphatic heterocycles. The lowest BCUT2D eigenvalue weighted by atomic mass is 9.65. The van der Waals surface area contributed by atoms with Gasteiger partial charge in [0, 0.05) is 48.7 Å². The number of ether oxygens (including phenoxy) is 1. The molecule has 4 heterocycles. The van der Waals surface area contributed by atoms with E-state index < -0.39 is 0 Å². The van der Waals surface area contributed by atoms with Crippen LogP contribution in [-0.2, 0) is 13.5 Å². The van der Waals surface area contributed by atoms with Gasteiger partial charge in [0.05, 0.1) is 7.11 Å². The molecule has 2 aromatic rings. The van der Waals surface area contributed by atoms with Crippen LogP contribution in [0.3, 0.4) is 0 Å². The summed E-state index contributed by atoms with van der Waals surface area (Å²) >= 11 is 0. The summed E-state index contributed by atoms with van der Waals surface area (Å²) in [5.41, 5.74) is 4.61. The van der Waals surface area contributed by atoms with Gasteiger partial charge in [0.15, 0.2) is 0 Å². The molecule has 3 nitrogen and oxygen atoms in total. The first-order valence-electron chi connectivity index (χ1n) is 9.60. The van der Waals surface area contributed by atoms with Gasteiger partial charge in [-0.1, -0.05) is 13.3 Å². The van der Waals surface area contributed by atoms with Crippen molar-refractivity contribution in [2.45, 2.75) is 44.6 Å². The molecular formula is C21H28N2O. The number of piperidine rings is 2. The number of aryl methyl sites for hydroxylation is 1. The Hall–Kier alpha value is -1.48. The Morgan fingerprint density at radius 2 is 2.12 bits per heavy atom. The number of hydrogen-bond acceptors (Lipinski definition) is 2. The van der Waals surface area contributed by atoms with E-state index >= 15 is 0 Å². The molecule has 1 aromatic heterocycles. The first kappa shape index (κ1) is 14.8. The number of methoxy groups -OCH3 is 1. The zero-order valence-electron chi connectivity index (χ0n) is 15.1. The number of hydrogen-bond donors (Lipinski definition) is 0. The van der Waals surface area contributed by atoms with Crippen molar-refractivity contribution in [3.63, 3.8) is 0 Å². The van der Waals surface area contributed by atoms with Crippen LogP contribution in [0.4, 0.5) is 0 Å². The van der Waals surface area contributed by atoms with Crippen LogP contribution in [0.5, 0.6) is 5.75 Å². The minimum atomic E-state index is 0.725. The number of benzene rings is 1. The fourth-order valence-electron chi connectivity index (χ4n) is 6.21. The van der Waals surface area contributed by atoms with Crippen molar-refractivity contribution in [1.82, 2.24) is 9.47 Å². The molecule has 3 heteroatoms. The normalized spacial score (nSPS) is 34.2. The van der Waals surface area contributed by atoms with Crippen molar-refractivity contribution < 1.29 is 4.74 Å². The Labute approximate surface area is 144 Å². The smallest absolute Gasteiger partial charge is 0.119 e. The van der Waals surface area contributed by atoms with Crippen LogP contribution in [0.25, 0.3) is 10.9 Å². The number of aromatic nitrogens is 1. The lowest BCUT2D eigenvalue weighted by molar-refractivity contribution is -0.0140. The van der Waals surface area contributed by atoms with Gasteiger partial charge in [-0.3, -0.25) is 4.90 Å². The van der Waals surface area contributed by atoms with Crippen molar-refractivity contribution in [3.8, 4) is 5.75 Å². The third kappa shape index (κ3) is 1.88. The summed E-state index contributed by atoms with van der Waals surface area (Å²) in [4.78, 5) is 2.84. The van der Waals surface area contributed by atoms with E-state index in [2.05, 4.69) is 41.6 Å². The Kier molecular flexibility index (Phi) is 3.25. The molecule has 1 saturated carbocycles. The van der Waals surface area contributed by atoms with Crippen molar-refractivity contribution >= 4 is 10.9 Å². The second kappa shape index (κ2) is 5.26. The second-order valence-electron chi connectivity index (χ2n) is 8.15. The van der Waals surface area contributed by atoms with Crippen molar-refractivity contribution in [3.05, 3.63) is 29.5 Å². The summed E-state index contributed by atoms with van der Waals surface area (Å²) in [5.74, 6) is 3.50. The minimum absolute atomic E-state index is 0.725. The Bertz CT molecular complexity index is 793. The molecule has 24 heavy (non-hydrogen) atoms. The van der Waals surface area contributed by atoms with E-state index in [0.29, 0.717) is 0 Å². The van der Waals surface area contributed by atoms with Crippen molar-refractivity contribution in [2.75, 3.05) is 20.2 Å². The summed E-state index contributed by atoms with van der Waals surface area (Å²) in [5, 5.41) is 1.42. The van der Waals surface area contributed by atoms with E-state index in [4.69, 9.17) is 4.74 Å². The topological polar surface area (TPSA) is 17.4 Å². The summed E-state index contributed by atoms with van der Waals surface area (Å²) in [6.07, 6.45) is 5.38. The molecule has 1 unspecified atom stereocenters. The highest BCUT2D eigenvalue weighted by atomic mass is 16.5. The average Bonchev–Trinajstić information content (AvgIpc) is 2.83. The maximum atomic E-state index is 5.50. The molecule has 5 atom stereocenters. The van der Waals surface area contributed by atoms with Crippen LogP contribution < -0.4 is 4.74 Å². The predicted octanol–water partition coefficient (Wildman–Crippen LogP) is 3.95. The molecule has 2 saturated heterocycles. The van der Waals surface area contributed by atoms with Crippen LogP contribution in [0.1, 0.15) is 43.4 Å². The van der Waals surface area contributed by atoms with Crippen LogP contribution in [0, 0.1) is 11.8 Å². The van der Waals surface area contributed by atoms with Crippen LogP contribution in [0.15, 0.2) is 18.2 Å². The van der Waals surface area contributed by atoms with Gasteiger partial charge in [0.1, 0.15) is 5.75 Å². The molecule has 0 radical (unpaired) electrons. The van der Waals surface area contributed by atoms with E-state index in [9.17, 15) is 0 Å². The van der Waals surface area contributed by atoms with E-state index in [1.165, 1.54) is 49.7 Å². The molecule has 4 bridgehead atoms. The Morgan fingerprint density at radius 1 is 1.25 bits per heavy atom. The maximum absolute atomic E-state index is 5.50. The summed E-state index contributed by atoms with van der Waals surface area (Å²) < 4.78 is 8.01. The molecular weight excluding hydrogens is 296 g/mol. The van der Waals surface area contributed by atoms with Gasteiger partial charge in [0.2, 0.25) is 0 Å². The largest absolute Gasteiger partial charge is 0.497 e. The van der Waals surface area contributed by atoms with E-state index in [-0.39, 0.29) is 0 Å². The fourth-order valence-corrected chi connectivity index (χ4v) is 6.21. The van der Waals surface area contributed by atoms with Gasteiger partial charge in [-0.25, -0.2) is 0 Å². The van der Waals surface area contributed by atoms with Gasteiger partial charge in [-0.05, 0) is 54.9 Å². The van der Waals surface area contributed by atoms with Gasteiger partial charge < -0.3 is 9.30 Å². The molecule has 0 N–H and O–H groups in total. The molecule has 3 fully saturated rings. The zero-order valence-corrected chi connectivity index (χ0v) is 15.1. The highest BCUT2D eigenvalue weighted by molar-refractivity contribution is 5.87. The molecule has 0 amide bonds.